The van der Waals surface area contributed by atoms with E-state index in [4.69, 9.17) is 9.47 Å². The zero-order chi connectivity index (χ0) is 20.7. The van der Waals surface area contributed by atoms with Crippen LogP contribution in [0.4, 0.5) is 0 Å². The van der Waals surface area contributed by atoms with Gasteiger partial charge in [-0.25, -0.2) is 0 Å². The van der Waals surface area contributed by atoms with Gasteiger partial charge in [-0.1, -0.05) is 30.4 Å². The molecule has 3 aliphatic heterocycles. The smallest absolute Gasteiger partial charge is 0.230 e. The summed E-state index contributed by atoms with van der Waals surface area (Å²) in [5, 5.41) is 4.14. The molecule has 2 bridgehead atoms. The summed E-state index contributed by atoms with van der Waals surface area (Å²) < 4.78 is 11.2. The molecule has 1 aromatic heterocycles. The van der Waals surface area contributed by atoms with Crippen molar-refractivity contribution in [2.24, 2.45) is 11.8 Å². The number of rotatable bonds is 8. The highest BCUT2D eigenvalue weighted by Crippen LogP contribution is 2.51. The molecule has 158 valence electrons. The molecule has 2 N–H and O–H groups in total. The van der Waals surface area contributed by atoms with Crippen LogP contribution in [0.1, 0.15) is 12.0 Å². The van der Waals surface area contributed by atoms with Gasteiger partial charge in [0.1, 0.15) is 5.60 Å². The number of aromatic nitrogens is 1. The van der Waals surface area contributed by atoms with Gasteiger partial charge in [0.05, 0.1) is 24.5 Å². The third kappa shape index (κ3) is 3.04. The molecule has 2 fully saturated rings. The molecule has 1 spiro atoms. The second-order valence-electron chi connectivity index (χ2n) is 8.41. The van der Waals surface area contributed by atoms with Gasteiger partial charge >= 0.3 is 0 Å². The number of nitrogens with zero attached hydrogens (tertiary/aromatic N) is 1. The number of fused-ring (bicyclic) bond motifs is 2. The summed E-state index contributed by atoms with van der Waals surface area (Å²) in [5.74, 6) is -0.959. The van der Waals surface area contributed by atoms with E-state index >= 15 is 0 Å². The van der Waals surface area contributed by atoms with E-state index in [-0.39, 0.29) is 17.9 Å². The lowest BCUT2D eigenvalue weighted by Gasteiger charge is -2.23. The topological polar surface area (TPSA) is 83.7 Å². The number of aromatic amines is 1. The molecule has 2 saturated heterocycles. The molecule has 0 saturated carbocycles. The van der Waals surface area contributed by atoms with Crippen molar-refractivity contribution in [1.29, 1.82) is 0 Å². The first kappa shape index (κ1) is 19.3. The van der Waals surface area contributed by atoms with Crippen molar-refractivity contribution < 1.29 is 19.1 Å². The fraction of sp³-hybridized carbons (Fsp3) is 0.478. The molecule has 0 aliphatic carbocycles. The molecule has 4 atom stereocenters. The number of carbonyl (C=O) groups is 2. The summed E-state index contributed by atoms with van der Waals surface area (Å²) >= 11 is 0. The fourth-order valence-corrected chi connectivity index (χ4v) is 5.21. The molecule has 3 aliphatic rings. The number of H-pyrrole nitrogens is 1. The van der Waals surface area contributed by atoms with Crippen LogP contribution in [0.2, 0.25) is 0 Å². The van der Waals surface area contributed by atoms with E-state index in [2.05, 4.69) is 22.4 Å². The second kappa shape index (κ2) is 7.56. The average Bonchev–Trinajstić information content (AvgIpc) is 3.49. The number of hydrogen-bond donors (Lipinski definition) is 2. The van der Waals surface area contributed by atoms with E-state index in [1.165, 1.54) is 10.9 Å². The number of likely N-dealkylation sites (tertiary alicyclic amines) is 1. The van der Waals surface area contributed by atoms with Gasteiger partial charge in [0.25, 0.3) is 0 Å². The van der Waals surface area contributed by atoms with Crippen LogP contribution < -0.4 is 5.32 Å². The van der Waals surface area contributed by atoms with Crippen LogP contribution in [0.3, 0.4) is 0 Å². The van der Waals surface area contributed by atoms with Crippen molar-refractivity contribution in [3.05, 3.63) is 48.2 Å². The number of hydrogen-bond acceptors (Lipinski definition) is 4. The van der Waals surface area contributed by atoms with Crippen molar-refractivity contribution in [1.82, 2.24) is 15.2 Å². The predicted molar refractivity (Wildman–Crippen MR) is 112 cm³/mol. The first-order valence-electron chi connectivity index (χ1n) is 10.6. The summed E-state index contributed by atoms with van der Waals surface area (Å²) in [7, 11) is 1.64. The summed E-state index contributed by atoms with van der Waals surface area (Å²) in [6, 6.07) is 8.18. The Balaban J connectivity index is 1.27. The van der Waals surface area contributed by atoms with Crippen LogP contribution in [-0.2, 0) is 25.5 Å². The van der Waals surface area contributed by atoms with Gasteiger partial charge in [0.15, 0.2) is 0 Å². The molecule has 0 radical (unpaired) electrons. The highest BCUT2D eigenvalue weighted by molar-refractivity contribution is 5.93. The molecular formula is C23H27N3O4. The maximum absolute atomic E-state index is 13.3. The summed E-state index contributed by atoms with van der Waals surface area (Å²) in [6.07, 6.45) is 7.17. The minimum Gasteiger partial charge on any atom is -0.385 e. The average molecular weight is 409 g/mol. The van der Waals surface area contributed by atoms with Crippen molar-refractivity contribution in [2.45, 2.75) is 24.5 Å². The van der Waals surface area contributed by atoms with Crippen molar-refractivity contribution in [3.63, 3.8) is 0 Å². The molecule has 4 heterocycles. The first-order valence-corrected chi connectivity index (χ1v) is 10.6. The number of methoxy groups -OCH3 is 1. The third-order valence-corrected chi connectivity index (χ3v) is 6.63. The Morgan fingerprint density at radius 1 is 1.40 bits per heavy atom. The number of ether oxygens (including phenoxy) is 2. The van der Waals surface area contributed by atoms with E-state index < -0.39 is 17.4 Å². The number of amides is 2. The molecule has 30 heavy (non-hydrogen) atoms. The Labute approximate surface area is 175 Å². The zero-order valence-electron chi connectivity index (χ0n) is 17.1. The van der Waals surface area contributed by atoms with Gasteiger partial charge in [-0.2, -0.15) is 0 Å². The van der Waals surface area contributed by atoms with Crippen molar-refractivity contribution in [3.8, 4) is 0 Å². The van der Waals surface area contributed by atoms with Gasteiger partial charge in [-0.15, -0.1) is 0 Å². The Hall–Kier alpha value is -2.64. The molecule has 0 unspecified atom stereocenters. The molecule has 1 aromatic carbocycles. The zero-order valence-corrected chi connectivity index (χ0v) is 17.1. The molecule has 5 rings (SSSR count). The molecule has 7 nitrogen and oxygen atoms in total. The minimum absolute atomic E-state index is 0.0266. The monoisotopic (exact) mass is 409 g/mol. The lowest BCUT2D eigenvalue weighted by molar-refractivity contribution is -0.137. The maximum atomic E-state index is 13.3. The quantitative estimate of drug-likeness (QED) is 0.513. The second-order valence-corrected chi connectivity index (χ2v) is 8.41. The summed E-state index contributed by atoms with van der Waals surface area (Å²) in [6.45, 7) is 2.26. The number of nitrogens with one attached hydrogen (secondary N) is 2. The maximum Gasteiger partial charge on any atom is 0.230 e. The van der Waals surface area contributed by atoms with Gasteiger partial charge < -0.3 is 24.7 Å². The van der Waals surface area contributed by atoms with Crippen LogP contribution in [-0.4, -0.2) is 66.8 Å². The predicted octanol–water partition coefficient (Wildman–Crippen LogP) is 1.65. The SMILES string of the molecule is COCCCNC(=O)[C@@H]1[C@@H]2C=C[C@@]3(CN(CCc4c[nH]c5ccccc45)C(=O)[C@@H]13)O2. The Bertz CT molecular complexity index is 999. The van der Waals surface area contributed by atoms with E-state index in [0.717, 1.165) is 18.4 Å². The van der Waals surface area contributed by atoms with Crippen LogP contribution in [0.15, 0.2) is 42.6 Å². The number of carbonyl (C=O) groups excluding carboxylic acids is 2. The van der Waals surface area contributed by atoms with E-state index in [1.807, 2.05) is 35.4 Å². The van der Waals surface area contributed by atoms with Crippen LogP contribution in [0, 0.1) is 11.8 Å². The van der Waals surface area contributed by atoms with Gasteiger partial charge in [0.2, 0.25) is 11.8 Å². The lowest BCUT2D eigenvalue weighted by Crippen LogP contribution is -2.44. The third-order valence-electron chi connectivity index (χ3n) is 6.63. The minimum atomic E-state index is -0.656. The number of para-hydroxylation sites is 1. The molecular weight excluding hydrogens is 382 g/mol. The van der Waals surface area contributed by atoms with E-state index in [1.54, 1.807) is 7.11 Å². The Kier molecular flexibility index (Phi) is 4.87. The summed E-state index contributed by atoms with van der Waals surface area (Å²) in [4.78, 5) is 31.3. The fourth-order valence-electron chi connectivity index (χ4n) is 5.21. The molecule has 2 amide bonds. The normalized spacial score (nSPS) is 29.2. The Morgan fingerprint density at radius 3 is 3.13 bits per heavy atom. The highest BCUT2D eigenvalue weighted by atomic mass is 16.5. The van der Waals surface area contributed by atoms with Gasteiger partial charge in [0, 0.05) is 43.9 Å². The van der Waals surface area contributed by atoms with E-state index in [0.29, 0.717) is 26.2 Å². The van der Waals surface area contributed by atoms with Crippen LogP contribution in [0.25, 0.3) is 10.9 Å². The lowest BCUT2D eigenvalue weighted by atomic mass is 9.77. The standard InChI is InChI=1S/C23H27N3O4/c1-29-12-4-10-24-21(27)19-18-7-9-23(30-18)14-26(22(28)20(19)23)11-8-15-13-25-17-6-3-2-5-16(15)17/h2-3,5-7,9,13,18-20,25H,4,8,10-12,14H2,1H3,(H,24,27)/t18-,19+,20+,23-/m0/s1. The van der Waals surface area contributed by atoms with Crippen LogP contribution >= 0.6 is 0 Å². The van der Waals surface area contributed by atoms with Crippen molar-refractivity contribution in [2.75, 3.05) is 33.4 Å². The Morgan fingerprint density at radius 2 is 2.27 bits per heavy atom. The highest BCUT2D eigenvalue weighted by Gasteiger charge is 2.66. The van der Waals surface area contributed by atoms with Gasteiger partial charge in [-0.3, -0.25) is 9.59 Å². The first-order chi connectivity index (χ1) is 14.6. The molecule has 2 aromatic rings. The van der Waals surface area contributed by atoms with Crippen molar-refractivity contribution >= 4 is 22.7 Å². The molecule has 7 heteroatoms. The van der Waals surface area contributed by atoms with E-state index in [9.17, 15) is 9.59 Å². The van der Waals surface area contributed by atoms with Crippen LogP contribution in [0.5, 0.6) is 0 Å². The van der Waals surface area contributed by atoms with Gasteiger partial charge in [-0.05, 0) is 24.5 Å². The summed E-state index contributed by atoms with van der Waals surface area (Å²) in [5.41, 5.74) is 1.64. The largest absolute Gasteiger partial charge is 0.385 e. The number of benzene rings is 1.